The Hall–Kier alpha value is -0.800. The Morgan fingerprint density at radius 1 is 1.53 bits per heavy atom. The predicted molar refractivity (Wildman–Crippen MR) is 62.6 cm³/mol. The highest BCUT2D eigenvalue weighted by molar-refractivity contribution is 5.06. The van der Waals surface area contributed by atoms with Gasteiger partial charge in [-0.05, 0) is 25.0 Å². The molecule has 3 heteroatoms. The average molecular weight is 210 g/mol. The van der Waals surface area contributed by atoms with Crippen molar-refractivity contribution in [3.05, 3.63) is 24.0 Å². The van der Waals surface area contributed by atoms with Gasteiger partial charge in [0.15, 0.2) is 0 Å². The minimum Gasteiger partial charge on any atom is -0.389 e. The van der Waals surface area contributed by atoms with E-state index >= 15 is 0 Å². The van der Waals surface area contributed by atoms with E-state index in [9.17, 15) is 5.11 Å². The Bertz CT molecular complexity index is 302. The third-order valence-corrected chi connectivity index (χ3v) is 3.08. The van der Waals surface area contributed by atoms with Gasteiger partial charge < -0.3 is 15.0 Å². The molecule has 0 bridgehead atoms. The van der Waals surface area contributed by atoms with Gasteiger partial charge in [-0.1, -0.05) is 13.8 Å². The zero-order valence-corrected chi connectivity index (χ0v) is 10.1. The van der Waals surface area contributed by atoms with Crippen molar-refractivity contribution < 1.29 is 5.11 Å². The maximum atomic E-state index is 10.0. The standard InChI is InChI=1S/C12H22N2O/c1-10(2)12(3,15)9-13-8-11-6-5-7-14(11)4/h5-7,10,13,15H,8-9H2,1-4H3. The summed E-state index contributed by atoms with van der Waals surface area (Å²) in [6, 6.07) is 4.11. The summed E-state index contributed by atoms with van der Waals surface area (Å²) < 4.78 is 2.08. The topological polar surface area (TPSA) is 37.2 Å². The second-order valence-electron chi connectivity index (χ2n) is 4.73. The molecular formula is C12H22N2O. The number of aromatic nitrogens is 1. The lowest BCUT2D eigenvalue weighted by molar-refractivity contribution is 0.0139. The van der Waals surface area contributed by atoms with Gasteiger partial charge in [-0.2, -0.15) is 0 Å². The minimum atomic E-state index is -0.634. The van der Waals surface area contributed by atoms with Crippen LogP contribution < -0.4 is 5.32 Å². The van der Waals surface area contributed by atoms with Crippen molar-refractivity contribution >= 4 is 0 Å². The number of nitrogens with one attached hydrogen (secondary N) is 1. The van der Waals surface area contributed by atoms with Crippen molar-refractivity contribution in [2.24, 2.45) is 13.0 Å². The lowest BCUT2D eigenvalue weighted by Gasteiger charge is -2.28. The van der Waals surface area contributed by atoms with Gasteiger partial charge >= 0.3 is 0 Å². The summed E-state index contributed by atoms with van der Waals surface area (Å²) in [5.74, 6) is 0.262. The van der Waals surface area contributed by atoms with Crippen LogP contribution in [0.2, 0.25) is 0 Å². The number of hydrogen-bond acceptors (Lipinski definition) is 2. The molecule has 0 fully saturated rings. The molecule has 0 aliphatic heterocycles. The van der Waals surface area contributed by atoms with Crippen LogP contribution in [0.15, 0.2) is 18.3 Å². The fraction of sp³-hybridized carbons (Fsp3) is 0.667. The van der Waals surface area contributed by atoms with Crippen LogP contribution in [-0.4, -0.2) is 21.8 Å². The molecule has 0 aliphatic rings. The molecule has 1 rings (SSSR count). The molecule has 3 nitrogen and oxygen atoms in total. The SMILES string of the molecule is CC(C)C(C)(O)CNCc1cccn1C. The second kappa shape index (κ2) is 4.81. The quantitative estimate of drug-likeness (QED) is 0.773. The van der Waals surface area contributed by atoms with E-state index < -0.39 is 5.60 Å². The molecule has 0 saturated heterocycles. The molecule has 86 valence electrons. The van der Waals surface area contributed by atoms with Gasteiger partial charge in [-0.3, -0.25) is 0 Å². The molecule has 1 aromatic heterocycles. The highest BCUT2D eigenvalue weighted by atomic mass is 16.3. The van der Waals surface area contributed by atoms with Crippen LogP contribution in [-0.2, 0) is 13.6 Å². The molecule has 0 saturated carbocycles. The first kappa shape index (κ1) is 12.3. The first-order chi connectivity index (χ1) is 6.93. The summed E-state index contributed by atoms with van der Waals surface area (Å²) >= 11 is 0. The average Bonchev–Trinajstić information content (AvgIpc) is 2.51. The zero-order valence-electron chi connectivity index (χ0n) is 10.1. The number of aryl methyl sites for hydroxylation is 1. The second-order valence-corrected chi connectivity index (χ2v) is 4.73. The van der Waals surface area contributed by atoms with Gasteiger partial charge in [0.05, 0.1) is 5.60 Å². The molecule has 1 heterocycles. The molecule has 0 spiro atoms. The van der Waals surface area contributed by atoms with E-state index in [4.69, 9.17) is 0 Å². The molecule has 2 N–H and O–H groups in total. The zero-order chi connectivity index (χ0) is 11.5. The summed E-state index contributed by atoms with van der Waals surface area (Å²) in [5.41, 5.74) is 0.597. The Morgan fingerprint density at radius 3 is 2.67 bits per heavy atom. The fourth-order valence-corrected chi connectivity index (χ4v) is 1.33. The minimum absolute atomic E-state index is 0.262. The molecule has 0 aromatic carbocycles. The van der Waals surface area contributed by atoms with Gasteiger partial charge in [0.25, 0.3) is 0 Å². The van der Waals surface area contributed by atoms with E-state index in [2.05, 4.69) is 16.0 Å². The van der Waals surface area contributed by atoms with E-state index in [1.807, 2.05) is 40.1 Å². The van der Waals surface area contributed by atoms with Gasteiger partial charge in [-0.15, -0.1) is 0 Å². The van der Waals surface area contributed by atoms with Crippen LogP contribution in [0.1, 0.15) is 26.5 Å². The van der Waals surface area contributed by atoms with E-state index in [0.717, 1.165) is 6.54 Å². The Morgan fingerprint density at radius 2 is 2.20 bits per heavy atom. The van der Waals surface area contributed by atoms with E-state index in [0.29, 0.717) is 6.54 Å². The van der Waals surface area contributed by atoms with Crippen LogP contribution in [0.5, 0.6) is 0 Å². The van der Waals surface area contributed by atoms with Crippen LogP contribution in [0.25, 0.3) is 0 Å². The van der Waals surface area contributed by atoms with E-state index in [1.54, 1.807) is 0 Å². The van der Waals surface area contributed by atoms with E-state index in [-0.39, 0.29) is 5.92 Å². The van der Waals surface area contributed by atoms with Crippen LogP contribution in [0.3, 0.4) is 0 Å². The van der Waals surface area contributed by atoms with Crippen molar-refractivity contribution in [3.8, 4) is 0 Å². The highest BCUT2D eigenvalue weighted by Crippen LogP contribution is 2.14. The monoisotopic (exact) mass is 210 g/mol. The summed E-state index contributed by atoms with van der Waals surface area (Å²) in [5, 5.41) is 13.3. The first-order valence-electron chi connectivity index (χ1n) is 5.47. The lowest BCUT2D eigenvalue weighted by atomic mass is 9.92. The molecule has 0 radical (unpaired) electrons. The number of rotatable bonds is 5. The van der Waals surface area contributed by atoms with Gasteiger partial charge in [-0.25, -0.2) is 0 Å². The lowest BCUT2D eigenvalue weighted by Crippen LogP contribution is -2.42. The molecule has 1 atom stereocenters. The number of hydrogen-bond donors (Lipinski definition) is 2. The Balaban J connectivity index is 2.37. The number of aliphatic hydroxyl groups is 1. The molecular weight excluding hydrogens is 188 g/mol. The maximum absolute atomic E-state index is 10.0. The Labute approximate surface area is 92.1 Å². The summed E-state index contributed by atoms with van der Waals surface area (Å²) in [7, 11) is 2.03. The van der Waals surface area contributed by atoms with Crippen LogP contribution in [0.4, 0.5) is 0 Å². The third-order valence-electron chi connectivity index (χ3n) is 3.08. The summed E-state index contributed by atoms with van der Waals surface area (Å²) in [6.07, 6.45) is 2.03. The van der Waals surface area contributed by atoms with Crippen molar-refractivity contribution in [1.29, 1.82) is 0 Å². The summed E-state index contributed by atoms with van der Waals surface area (Å²) in [6.45, 7) is 7.35. The molecule has 0 aliphatic carbocycles. The first-order valence-corrected chi connectivity index (χ1v) is 5.47. The molecule has 0 amide bonds. The smallest absolute Gasteiger partial charge is 0.0766 e. The van der Waals surface area contributed by atoms with Gasteiger partial charge in [0, 0.05) is 32.0 Å². The van der Waals surface area contributed by atoms with E-state index in [1.165, 1.54) is 5.69 Å². The largest absolute Gasteiger partial charge is 0.389 e. The van der Waals surface area contributed by atoms with Crippen molar-refractivity contribution in [2.75, 3.05) is 6.54 Å². The predicted octanol–water partition coefficient (Wildman–Crippen LogP) is 1.52. The van der Waals surface area contributed by atoms with Crippen molar-refractivity contribution in [2.45, 2.75) is 32.9 Å². The summed E-state index contributed by atoms with van der Waals surface area (Å²) in [4.78, 5) is 0. The Kier molecular flexibility index (Phi) is 3.94. The maximum Gasteiger partial charge on any atom is 0.0766 e. The normalized spacial score (nSPS) is 15.6. The van der Waals surface area contributed by atoms with Crippen molar-refractivity contribution in [3.63, 3.8) is 0 Å². The highest BCUT2D eigenvalue weighted by Gasteiger charge is 2.23. The van der Waals surface area contributed by atoms with Crippen molar-refractivity contribution in [1.82, 2.24) is 9.88 Å². The van der Waals surface area contributed by atoms with Gasteiger partial charge in [0.2, 0.25) is 0 Å². The van der Waals surface area contributed by atoms with Crippen LogP contribution >= 0.6 is 0 Å². The third kappa shape index (κ3) is 3.36. The molecule has 15 heavy (non-hydrogen) atoms. The van der Waals surface area contributed by atoms with Gasteiger partial charge in [0.1, 0.15) is 0 Å². The molecule has 1 aromatic rings. The van der Waals surface area contributed by atoms with Crippen LogP contribution in [0, 0.1) is 5.92 Å². The number of nitrogens with zero attached hydrogens (tertiary/aromatic N) is 1. The molecule has 1 unspecified atom stereocenters. The fourth-order valence-electron chi connectivity index (χ4n) is 1.33.